The van der Waals surface area contributed by atoms with Gasteiger partial charge < -0.3 is 0 Å². The standard InChI is InChI=1S/2C19H35NO5.Sn/c2*1-2-3-4-5-6-7-8-9-10-11-12-13-17(21)20-16(19(24)25)14-15-18(22)23;/h2*16H,2-15H2,1H3,(H,20,21)(H,22,23)(H,24,25);/q;;+4/p-4/t2*16-;/m10./s1. The molecule has 2 amide bonds. The van der Waals surface area contributed by atoms with E-state index >= 15 is 0 Å². The zero-order valence-electron chi connectivity index (χ0n) is 31.5. The molecule has 292 valence electrons. The van der Waals surface area contributed by atoms with Gasteiger partial charge in [0.05, 0.1) is 0 Å². The van der Waals surface area contributed by atoms with Gasteiger partial charge in [0, 0.05) is 0 Å². The number of unbranched alkanes of at least 4 members (excludes halogenated alkanes) is 20. The van der Waals surface area contributed by atoms with Gasteiger partial charge in [0.15, 0.2) is 0 Å². The summed E-state index contributed by atoms with van der Waals surface area (Å²) < 4.78 is 21.4. The third-order valence-corrected chi connectivity index (χ3v) is 14.8. The van der Waals surface area contributed by atoms with Crippen LogP contribution in [0.5, 0.6) is 0 Å². The number of carbonyl (C=O) groups excluding carboxylic acids is 6. The Kier molecular flexibility index (Phi) is 23.9. The topological polar surface area (TPSA) is 163 Å². The molecule has 0 aliphatic carbocycles. The second-order valence-corrected chi connectivity index (χ2v) is 19.4. The summed E-state index contributed by atoms with van der Waals surface area (Å²) in [6, 6.07) is -2.40. The molecule has 2 rings (SSSR count). The Balaban J connectivity index is 1.78. The fourth-order valence-corrected chi connectivity index (χ4v) is 11.5. The number of carbonyl (C=O) groups is 6. The maximum atomic E-state index is 13.2. The number of nitrogens with one attached hydrogen (secondary N) is 2. The van der Waals surface area contributed by atoms with Crippen molar-refractivity contribution in [2.75, 3.05) is 0 Å². The van der Waals surface area contributed by atoms with Crippen LogP contribution >= 0.6 is 0 Å². The van der Waals surface area contributed by atoms with Crippen LogP contribution < -0.4 is 10.6 Å². The van der Waals surface area contributed by atoms with Crippen molar-refractivity contribution >= 4 is 55.7 Å². The van der Waals surface area contributed by atoms with Crippen LogP contribution in [0.1, 0.15) is 194 Å². The fraction of sp³-hybridized carbons (Fsp3) is 0.842. The number of rotatable bonds is 26. The fourth-order valence-electron chi connectivity index (χ4n) is 6.35. The predicted octanol–water partition coefficient (Wildman–Crippen LogP) is 7.55. The van der Waals surface area contributed by atoms with Crippen molar-refractivity contribution < 1.29 is 41.1 Å². The van der Waals surface area contributed by atoms with Gasteiger partial charge in [-0.3, -0.25) is 0 Å². The maximum absolute atomic E-state index is 13.2. The van der Waals surface area contributed by atoms with Crippen molar-refractivity contribution in [3.8, 4) is 0 Å². The van der Waals surface area contributed by atoms with Crippen molar-refractivity contribution in [2.24, 2.45) is 0 Å². The Morgan fingerprint density at radius 3 is 1.10 bits per heavy atom. The van der Waals surface area contributed by atoms with Gasteiger partial charge in [0.25, 0.3) is 0 Å². The summed E-state index contributed by atoms with van der Waals surface area (Å²) in [4.78, 5) is 77.0. The molecule has 0 aromatic carbocycles. The summed E-state index contributed by atoms with van der Waals surface area (Å²) in [7, 11) is 0. The monoisotopic (exact) mass is 830 g/mol. The molecule has 2 aliphatic rings. The molecule has 0 aromatic rings. The SMILES string of the molecule is CCCCCCCCCCCCCC(=O)N[C@H]1CCC(=O)[O][Sn]2([O]C(=O)CC[C@@H](NC(=O)CCCCCCCCCCCCC)C(=O)[O]2)[O]C1=O. The van der Waals surface area contributed by atoms with Crippen LogP contribution in [0.25, 0.3) is 0 Å². The third-order valence-electron chi connectivity index (χ3n) is 9.46. The summed E-state index contributed by atoms with van der Waals surface area (Å²) >= 11 is -5.96. The Hall–Kier alpha value is -2.38. The van der Waals surface area contributed by atoms with E-state index in [1.807, 2.05) is 0 Å². The average molecular weight is 830 g/mol. The van der Waals surface area contributed by atoms with Gasteiger partial charge in [-0.15, -0.1) is 0 Å². The summed E-state index contributed by atoms with van der Waals surface area (Å²) in [6.07, 6.45) is 24.8. The summed E-state index contributed by atoms with van der Waals surface area (Å²) in [5, 5.41) is 5.24. The Labute approximate surface area is 312 Å². The van der Waals surface area contributed by atoms with E-state index in [0.29, 0.717) is 12.8 Å². The number of amides is 2. The Morgan fingerprint density at radius 1 is 0.490 bits per heavy atom. The van der Waals surface area contributed by atoms with E-state index in [4.69, 9.17) is 12.3 Å². The summed E-state index contributed by atoms with van der Waals surface area (Å²) in [6.45, 7) is 4.43. The molecule has 51 heavy (non-hydrogen) atoms. The quantitative estimate of drug-likeness (QED) is 0.0658. The van der Waals surface area contributed by atoms with Crippen molar-refractivity contribution in [1.82, 2.24) is 10.6 Å². The first-order valence-corrected chi connectivity index (χ1v) is 24.8. The van der Waals surface area contributed by atoms with Crippen molar-refractivity contribution in [3.05, 3.63) is 0 Å². The molecule has 0 radical (unpaired) electrons. The van der Waals surface area contributed by atoms with Gasteiger partial charge in [0.2, 0.25) is 0 Å². The Bertz CT molecular complexity index is 989. The summed E-state index contributed by atoms with van der Waals surface area (Å²) in [5.41, 5.74) is 0. The third kappa shape index (κ3) is 20.4. The predicted molar refractivity (Wildman–Crippen MR) is 195 cm³/mol. The van der Waals surface area contributed by atoms with E-state index in [1.54, 1.807) is 0 Å². The zero-order valence-corrected chi connectivity index (χ0v) is 34.4. The van der Waals surface area contributed by atoms with E-state index in [9.17, 15) is 28.8 Å². The molecule has 12 nitrogen and oxygen atoms in total. The minimum absolute atomic E-state index is 0.0801. The van der Waals surface area contributed by atoms with Crippen LogP contribution in [-0.2, 0) is 41.1 Å². The molecule has 2 N–H and O–H groups in total. The number of hydrogen-bond acceptors (Lipinski definition) is 10. The first-order chi connectivity index (χ1) is 24.7. The van der Waals surface area contributed by atoms with Gasteiger partial charge in [-0.2, -0.15) is 0 Å². The van der Waals surface area contributed by atoms with Crippen LogP contribution in [0, 0.1) is 0 Å². The van der Waals surface area contributed by atoms with E-state index in [0.717, 1.165) is 38.5 Å². The zero-order chi connectivity index (χ0) is 37.2. The van der Waals surface area contributed by atoms with Crippen LogP contribution in [0.2, 0.25) is 0 Å². The number of hydrogen-bond donors (Lipinski definition) is 2. The molecular formula is C38H66N2O10Sn. The average Bonchev–Trinajstić information content (AvgIpc) is 3.08. The molecule has 0 bridgehead atoms. The molecule has 1 unspecified atom stereocenters. The van der Waals surface area contributed by atoms with Gasteiger partial charge in [-0.1, -0.05) is 78.1 Å². The van der Waals surface area contributed by atoms with Gasteiger partial charge in [0.1, 0.15) is 0 Å². The van der Waals surface area contributed by atoms with Gasteiger partial charge in [-0.25, -0.2) is 0 Å². The first-order valence-electron chi connectivity index (χ1n) is 20.2. The Morgan fingerprint density at radius 2 is 0.784 bits per heavy atom. The van der Waals surface area contributed by atoms with Crippen LogP contribution in [0.15, 0.2) is 0 Å². The van der Waals surface area contributed by atoms with Crippen LogP contribution in [0.3, 0.4) is 0 Å². The van der Waals surface area contributed by atoms with Crippen LogP contribution in [-0.4, -0.2) is 67.8 Å². The molecule has 13 heteroatoms. The van der Waals surface area contributed by atoms with E-state index < -0.39 is 56.0 Å². The molecule has 3 atom stereocenters. The van der Waals surface area contributed by atoms with Crippen molar-refractivity contribution in [2.45, 2.75) is 206 Å². The van der Waals surface area contributed by atoms with Crippen molar-refractivity contribution in [1.29, 1.82) is 0 Å². The van der Waals surface area contributed by atoms with E-state index in [2.05, 4.69) is 24.5 Å². The normalized spacial score (nSPS) is 21.0. The molecule has 2 saturated heterocycles. The molecular weight excluding hydrogens is 763 g/mol. The first kappa shape index (κ1) is 44.8. The second-order valence-electron chi connectivity index (χ2n) is 14.2. The molecule has 1 spiro atoms. The molecule has 2 fully saturated rings. The van der Waals surface area contributed by atoms with E-state index in [-0.39, 0.29) is 50.3 Å². The second kappa shape index (κ2) is 27.3. The molecule has 2 aliphatic heterocycles. The molecule has 0 aromatic heterocycles. The minimum atomic E-state index is -5.96. The molecule has 0 saturated carbocycles. The van der Waals surface area contributed by atoms with Crippen LogP contribution in [0.4, 0.5) is 0 Å². The van der Waals surface area contributed by atoms with E-state index in [1.165, 1.54) is 89.9 Å². The molecule has 2 heterocycles. The summed E-state index contributed by atoms with van der Waals surface area (Å²) in [5.74, 6) is -4.47. The van der Waals surface area contributed by atoms with Gasteiger partial charge >= 0.3 is 235 Å². The van der Waals surface area contributed by atoms with Crippen molar-refractivity contribution in [3.63, 3.8) is 0 Å². The van der Waals surface area contributed by atoms with Gasteiger partial charge in [-0.05, 0) is 0 Å².